The molecule has 3 aromatic rings. The van der Waals surface area contributed by atoms with E-state index in [2.05, 4.69) is 5.16 Å². The van der Waals surface area contributed by atoms with Crippen LogP contribution in [0.3, 0.4) is 0 Å². The van der Waals surface area contributed by atoms with Gasteiger partial charge in [-0.25, -0.2) is 22.3 Å². The van der Waals surface area contributed by atoms with Gasteiger partial charge in [0.1, 0.15) is 23.1 Å². The molecule has 3 rings (SSSR count). The van der Waals surface area contributed by atoms with Crippen molar-refractivity contribution < 1.29 is 21.7 Å². The highest BCUT2D eigenvalue weighted by molar-refractivity contribution is 7.89. The Morgan fingerprint density at radius 3 is 2.12 bits per heavy atom. The molecule has 0 aliphatic heterocycles. The first kappa shape index (κ1) is 16.3. The molecule has 1 aromatic heterocycles. The van der Waals surface area contributed by atoms with E-state index >= 15 is 0 Å². The number of hydrogen-bond acceptors (Lipinski definition) is 4. The zero-order valence-corrected chi connectivity index (χ0v) is 13.3. The minimum Gasteiger partial charge on any atom is -0.360 e. The van der Waals surface area contributed by atoms with Gasteiger partial charge in [-0.05, 0) is 36.8 Å². The summed E-state index contributed by atoms with van der Waals surface area (Å²) < 4.78 is 54.7. The zero-order valence-electron chi connectivity index (χ0n) is 12.5. The highest BCUT2D eigenvalue weighted by Crippen LogP contribution is 2.35. The molecule has 0 atom stereocenters. The van der Waals surface area contributed by atoms with E-state index in [1.807, 2.05) is 0 Å². The van der Waals surface area contributed by atoms with Crippen LogP contribution in [0.2, 0.25) is 0 Å². The molecule has 0 saturated carbocycles. The standard InChI is InChI=1S/C16H12F2N2O3S/c1-9-15(10-2-4-14(5-3-10)24(19,21)22)16(20-23-9)11-6-12(17)8-13(18)7-11/h2-8H,1H3,(H2,19,21,22). The minimum atomic E-state index is -3.81. The molecule has 0 aliphatic carbocycles. The smallest absolute Gasteiger partial charge is 0.238 e. The van der Waals surface area contributed by atoms with Crippen LogP contribution >= 0.6 is 0 Å². The van der Waals surface area contributed by atoms with E-state index in [1.165, 1.54) is 24.3 Å². The molecule has 0 bridgehead atoms. The van der Waals surface area contributed by atoms with E-state index in [0.29, 0.717) is 16.9 Å². The third-order valence-electron chi connectivity index (χ3n) is 3.47. The van der Waals surface area contributed by atoms with Gasteiger partial charge in [-0.3, -0.25) is 0 Å². The van der Waals surface area contributed by atoms with Gasteiger partial charge in [0.15, 0.2) is 0 Å². The van der Waals surface area contributed by atoms with Gasteiger partial charge in [-0.15, -0.1) is 0 Å². The molecule has 124 valence electrons. The lowest BCUT2D eigenvalue weighted by molar-refractivity contribution is 0.400. The summed E-state index contributed by atoms with van der Waals surface area (Å²) >= 11 is 0. The molecule has 0 radical (unpaired) electrons. The van der Waals surface area contributed by atoms with Crippen LogP contribution in [0.1, 0.15) is 5.76 Å². The van der Waals surface area contributed by atoms with E-state index in [9.17, 15) is 17.2 Å². The van der Waals surface area contributed by atoms with Gasteiger partial charge in [0.25, 0.3) is 0 Å². The summed E-state index contributed by atoms with van der Waals surface area (Å²) in [5.41, 5.74) is 1.57. The molecule has 24 heavy (non-hydrogen) atoms. The highest BCUT2D eigenvalue weighted by atomic mass is 32.2. The predicted octanol–water partition coefficient (Wildman–Crippen LogP) is 3.24. The molecule has 2 N–H and O–H groups in total. The topological polar surface area (TPSA) is 86.2 Å². The van der Waals surface area contributed by atoms with Crippen LogP contribution < -0.4 is 5.14 Å². The zero-order chi connectivity index (χ0) is 17.5. The van der Waals surface area contributed by atoms with Crippen molar-refractivity contribution in [1.82, 2.24) is 5.16 Å². The van der Waals surface area contributed by atoms with Gasteiger partial charge in [-0.1, -0.05) is 17.3 Å². The normalized spacial score (nSPS) is 11.7. The number of halogens is 2. The third-order valence-corrected chi connectivity index (χ3v) is 4.40. The summed E-state index contributed by atoms with van der Waals surface area (Å²) in [6.45, 7) is 1.65. The van der Waals surface area contributed by atoms with Crippen LogP contribution in [0.15, 0.2) is 51.9 Å². The Morgan fingerprint density at radius 2 is 1.58 bits per heavy atom. The van der Waals surface area contributed by atoms with Crippen molar-refractivity contribution in [2.45, 2.75) is 11.8 Å². The highest BCUT2D eigenvalue weighted by Gasteiger charge is 2.18. The van der Waals surface area contributed by atoms with Crippen LogP contribution in [0.25, 0.3) is 22.4 Å². The largest absolute Gasteiger partial charge is 0.360 e. The van der Waals surface area contributed by atoms with Crippen LogP contribution in [0.4, 0.5) is 8.78 Å². The van der Waals surface area contributed by atoms with Crippen LogP contribution in [0, 0.1) is 18.6 Å². The van der Waals surface area contributed by atoms with Crippen molar-refractivity contribution in [2.75, 3.05) is 0 Å². The van der Waals surface area contributed by atoms with Crippen LogP contribution in [0.5, 0.6) is 0 Å². The maximum Gasteiger partial charge on any atom is 0.238 e. The second kappa shape index (κ2) is 5.81. The summed E-state index contributed by atoms with van der Waals surface area (Å²) in [6, 6.07) is 8.78. The quantitative estimate of drug-likeness (QED) is 0.786. The van der Waals surface area contributed by atoms with Crippen molar-refractivity contribution >= 4 is 10.0 Å². The lowest BCUT2D eigenvalue weighted by atomic mass is 9.99. The minimum absolute atomic E-state index is 0.0429. The van der Waals surface area contributed by atoms with Gasteiger partial charge in [0.2, 0.25) is 10.0 Å². The number of aryl methyl sites for hydroxylation is 1. The summed E-state index contributed by atoms with van der Waals surface area (Å²) in [5.74, 6) is -1.04. The third kappa shape index (κ3) is 3.06. The number of nitrogens with two attached hydrogens (primary N) is 1. The fraction of sp³-hybridized carbons (Fsp3) is 0.0625. The van der Waals surface area contributed by atoms with Gasteiger partial charge in [0, 0.05) is 11.6 Å². The fourth-order valence-electron chi connectivity index (χ4n) is 2.41. The predicted molar refractivity (Wildman–Crippen MR) is 83.4 cm³/mol. The number of sulfonamides is 1. The van der Waals surface area contributed by atoms with E-state index < -0.39 is 21.7 Å². The Labute approximate surface area is 136 Å². The number of nitrogens with zero attached hydrogens (tertiary/aromatic N) is 1. The van der Waals surface area contributed by atoms with E-state index in [4.69, 9.17) is 9.66 Å². The van der Waals surface area contributed by atoms with Crippen molar-refractivity contribution in [2.24, 2.45) is 5.14 Å². The molecule has 0 amide bonds. The number of rotatable bonds is 3. The van der Waals surface area contributed by atoms with Crippen LogP contribution in [-0.4, -0.2) is 13.6 Å². The number of aromatic nitrogens is 1. The summed E-state index contributed by atoms with van der Waals surface area (Å²) in [6.07, 6.45) is 0. The molecule has 8 heteroatoms. The SMILES string of the molecule is Cc1onc(-c2cc(F)cc(F)c2)c1-c1ccc(S(N)(=O)=O)cc1. The molecular weight excluding hydrogens is 338 g/mol. The Hall–Kier alpha value is -2.58. The van der Waals surface area contributed by atoms with Crippen molar-refractivity contribution in [3.05, 3.63) is 59.9 Å². The Balaban J connectivity index is 2.14. The number of benzene rings is 2. The average Bonchev–Trinajstić information content (AvgIpc) is 2.87. The first-order valence-electron chi connectivity index (χ1n) is 6.81. The maximum atomic E-state index is 13.5. The second-order valence-corrected chi connectivity index (χ2v) is 6.75. The maximum absolute atomic E-state index is 13.5. The van der Waals surface area contributed by atoms with Gasteiger partial charge >= 0.3 is 0 Å². The Morgan fingerprint density at radius 1 is 1.00 bits per heavy atom. The van der Waals surface area contributed by atoms with Gasteiger partial charge in [-0.2, -0.15) is 0 Å². The van der Waals surface area contributed by atoms with Gasteiger partial charge < -0.3 is 4.52 Å². The summed E-state index contributed by atoms with van der Waals surface area (Å²) in [5, 5.41) is 8.93. The van der Waals surface area contributed by atoms with Crippen molar-refractivity contribution in [1.29, 1.82) is 0 Å². The molecular formula is C16H12F2N2O3S. The second-order valence-electron chi connectivity index (χ2n) is 5.19. The lowest BCUT2D eigenvalue weighted by Crippen LogP contribution is -2.11. The molecule has 1 heterocycles. The Kier molecular flexibility index (Phi) is 3.94. The molecule has 2 aromatic carbocycles. The molecule has 0 saturated heterocycles. The van der Waals surface area contributed by atoms with Crippen molar-refractivity contribution in [3.63, 3.8) is 0 Å². The molecule has 0 unspecified atom stereocenters. The molecule has 0 spiro atoms. The monoisotopic (exact) mass is 350 g/mol. The number of hydrogen-bond donors (Lipinski definition) is 1. The van der Waals surface area contributed by atoms with E-state index in [-0.39, 0.29) is 16.2 Å². The molecule has 0 aliphatic rings. The first-order chi connectivity index (χ1) is 11.3. The molecule has 5 nitrogen and oxygen atoms in total. The average molecular weight is 350 g/mol. The molecule has 0 fully saturated rings. The van der Waals surface area contributed by atoms with E-state index in [0.717, 1.165) is 18.2 Å². The lowest BCUT2D eigenvalue weighted by Gasteiger charge is -2.05. The Bertz CT molecular complexity index is 992. The van der Waals surface area contributed by atoms with E-state index in [1.54, 1.807) is 6.92 Å². The first-order valence-corrected chi connectivity index (χ1v) is 8.36. The fourth-order valence-corrected chi connectivity index (χ4v) is 2.93. The summed E-state index contributed by atoms with van der Waals surface area (Å²) in [4.78, 5) is -0.0429. The summed E-state index contributed by atoms with van der Waals surface area (Å²) in [7, 11) is -3.81. The van der Waals surface area contributed by atoms with Crippen molar-refractivity contribution in [3.8, 4) is 22.4 Å². The number of primary sulfonamides is 1. The van der Waals surface area contributed by atoms with Crippen LogP contribution in [-0.2, 0) is 10.0 Å². The van der Waals surface area contributed by atoms with Gasteiger partial charge in [0.05, 0.1) is 10.5 Å².